The van der Waals surface area contributed by atoms with Gasteiger partial charge in [-0.3, -0.25) is 9.69 Å². The molecule has 0 aromatic rings. The minimum absolute atomic E-state index is 0.0209. The van der Waals surface area contributed by atoms with Gasteiger partial charge in [0.1, 0.15) is 0 Å². The highest BCUT2D eigenvalue weighted by Gasteiger charge is 2.37. The molecule has 3 unspecified atom stereocenters. The van der Waals surface area contributed by atoms with Crippen molar-refractivity contribution in [3.8, 4) is 0 Å². The van der Waals surface area contributed by atoms with Gasteiger partial charge in [-0.1, -0.05) is 0 Å². The minimum Gasteiger partial charge on any atom is -0.385 e. The number of nitrogens with one attached hydrogen (secondary N) is 2. The van der Waals surface area contributed by atoms with Gasteiger partial charge in [-0.25, -0.2) is 0 Å². The maximum absolute atomic E-state index is 12.2. The fourth-order valence-electron chi connectivity index (χ4n) is 3.49. The molecule has 0 aromatic heterocycles. The molecule has 116 valence electrons. The summed E-state index contributed by atoms with van der Waals surface area (Å²) in [7, 11) is 1.69. The Kier molecular flexibility index (Phi) is 6.26. The molecule has 2 heterocycles. The second-order valence-corrected chi connectivity index (χ2v) is 5.96. The third-order valence-corrected chi connectivity index (χ3v) is 4.61. The Hall–Kier alpha value is -0.650. The fraction of sp³-hybridized carbons (Fsp3) is 0.933. The number of amides is 1. The van der Waals surface area contributed by atoms with Crippen molar-refractivity contribution in [1.82, 2.24) is 15.5 Å². The van der Waals surface area contributed by atoms with Crippen LogP contribution in [0.5, 0.6) is 0 Å². The van der Waals surface area contributed by atoms with Gasteiger partial charge in [0, 0.05) is 32.3 Å². The molecule has 2 aliphatic rings. The van der Waals surface area contributed by atoms with E-state index in [1.54, 1.807) is 7.11 Å². The molecule has 2 rings (SSSR count). The number of carbonyl (C=O) groups is 1. The van der Waals surface area contributed by atoms with Crippen LogP contribution in [0.15, 0.2) is 0 Å². The Morgan fingerprint density at radius 2 is 2.30 bits per heavy atom. The normalized spacial score (nSPS) is 28.7. The van der Waals surface area contributed by atoms with E-state index in [2.05, 4.69) is 15.5 Å². The Morgan fingerprint density at radius 3 is 3.00 bits per heavy atom. The SMILES string of the molecule is COCCCNC(=O)C(C)N1CCCC1C1CCCN1. The quantitative estimate of drug-likeness (QED) is 0.677. The standard InChI is InChI=1S/C15H29N3O2/c1-12(15(19)17-9-5-11-20-2)18-10-4-7-14(18)13-6-3-8-16-13/h12-14,16H,3-11H2,1-2H3,(H,17,19). The van der Waals surface area contributed by atoms with E-state index in [4.69, 9.17) is 4.74 Å². The van der Waals surface area contributed by atoms with Crippen molar-refractivity contribution in [2.45, 2.75) is 57.2 Å². The van der Waals surface area contributed by atoms with Gasteiger partial charge in [-0.2, -0.15) is 0 Å². The van der Waals surface area contributed by atoms with Gasteiger partial charge < -0.3 is 15.4 Å². The summed E-state index contributed by atoms with van der Waals surface area (Å²) in [5.41, 5.74) is 0. The molecule has 2 fully saturated rings. The van der Waals surface area contributed by atoms with Crippen LogP contribution in [-0.2, 0) is 9.53 Å². The zero-order valence-corrected chi connectivity index (χ0v) is 12.9. The first kappa shape index (κ1) is 15.7. The van der Waals surface area contributed by atoms with E-state index < -0.39 is 0 Å². The number of methoxy groups -OCH3 is 1. The lowest BCUT2D eigenvalue weighted by Gasteiger charge is -2.33. The molecule has 0 aliphatic carbocycles. The van der Waals surface area contributed by atoms with Crippen molar-refractivity contribution >= 4 is 5.91 Å². The monoisotopic (exact) mass is 283 g/mol. The molecule has 1 amide bonds. The van der Waals surface area contributed by atoms with Crippen LogP contribution in [0.4, 0.5) is 0 Å². The van der Waals surface area contributed by atoms with Crippen molar-refractivity contribution in [1.29, 1.82) is 0 Å². The lowest BCUT2D eigenvalue weighted by molar-refractivity contribution is -0.126. The molecule has 3 atom stereocenters. The van der Waals surface area contributed by atoms with Gasteiger partial charge in [-0.15, -0.1) is 0 Å². The summed E-state index contributed by atoms with van der Waals surface area (Å²) in [6.45, 7) is 5.63. The summed E-state index contributed by atoms with van der Waals surface area (Å²) < 4.78 is 5.00. The number of likely N-dealkylation sites (tertiary alicyclic amines) is 1. The summed E-state index contributed by atoms with van der Waals surface area (Å²) in [5.74, 6) is 0.158. The third kappa shape index (κ3) is 3.93. The molecule has 2 saturated heterocycles. The second kappa shape index (κ2) is 7.96. The predicted octanol–water partition coefficient (Wildman–Crippen LogP) is 0.744. The van der Waals surface area contributed by atoms with Crippen molar-refractivity contribution in [3.05, 3.63) is 0 Å². The predicted molar refractivity (Wildman–Crippen MR) is 79.7 cm³/mol. The highest BCUT2D eigenvalue weighted by molar-refractivity contribution is 5.81. The number of ether oxygens (including phenoxy) is 1. The van der Waals surface area contributed by atoms with Crippen LogP contribution in [0.1, 0.15) is 39.0 Å². The van der Waals surface area contributed by atoms with Gasteiger partial charge in [0.2, 0.25) is 5.91 Å². The lowest BCUT2D eigenvalue weighted by Crippen LogP contribution is -2.52. The van der Waals surface area contributed by atoms with Gasteiger partial charge >= 0.3 is 0 Å². The van der Waals surface area contributed by atoms with E-state index >= 15 is 0 Å². The summed E-state index contributed by atoms with van der Waals surface area (Å²) in [6, 6.07) is 1.10. The van der Waals surface area contributed by atoms with Crippen molar-refractivity contribution < 1.29 is 9.53 Å². The van der Waals surface area contributed by atoms with Crippen LogP contribution in [0.2, 0.25) is 0 Å². The van der Waals surface area contributed by atoms with E-state index in [0.717, 1.165) is 19.5 Å². The van der Waals surface area contributed by atoms with Crippen LogP contribution in [-0.4, -0.2) is 62.3 Å². The zero-order chi connectivity index (χ0) is 14.4. The van der Waals surface area contributed by atoms with Crippen LogP contribution in [0.25, 0.3) is 0 Å². The first-order valence-corrected chi connectivity index (χ1v) is 8.00. The zero-order valence-electron chi connectivity index (χ0n) is 12.9. The molecular formula is C15H29N3O2. The Labute approximate surface area is 122 Å². The highest BCUT2D eigenvalue weighted by atomic mass is 16.5. The Bertz CT molecular complexity index is 305. The van der Waals surface area contributed by atoms with Gasteiger partial charge in [0.05, 0.1) is 6.04 Å². The largest absolute Gasteiger partial charge is 0.385 e. The molecule has 0 spiro atoms. The fourth-order valence-corrected chi connectivity index (χ4v) is 3.49. The van der Waals surface area contributed by atoms with E-state index in [-0.39, 0.29) is 11.9 Å². The molecule has 5 nitrogen and oxygen atoms in total. The van der Waals surface area contributed by atoms with Crippen LogP contribution in [0.3, 0.4) is 0 Å². The van der Waals surface area contributed by atoms with Gasteiger partial charge in [0.25, 0.3) is 0 Å². The van der Waals surface area contributed by atoms with Gasteiger partial charge in [0.15, 0.2) is 0 Å². The molecular weight excluding hydrogens is 254 g/mol. The van der Waals surface area contributed by atoms with Crippen LogP contribution >= 0.6 is 0 Å². The second-order valence-electron chi connectivity index (χ2n) is 5.96. The maximum Gasteiger partial charge on any atom is 0.237 e. The smallest absolute Gasteiger partial charge is 0.237 e. The van der Waals surface area contributed by atoms with Crippen molar-refractivity contribution in [2.75, 3.05) is 33.4 Å². The topological polar surface area (TPSA) is 53.6 Å². The molecule has 0 bridgehead atoms. The van der Waals surface area contributed by atoms with Crippen LogP contribution in [0, 0.1) is 0 Å². The van der Waals surface area contributed by atoms with Crippen LogP contribution < -0.4 is 10.6 Å². The molecule has 2 aliphatic heterocycles. The first-order chi connectivity index (χ1) is 9.74. The number of nitrogens with zero attached hydrogens (tertiary/aromatic N) is 1. The molecule has 0 aromatic carbocycles. The third-order valence-electron chi connectivity index (χ3n) is 4.61. The number of hydrogen-bond acceptors (Lipinski definition) is 4. The van der Waals surface area contributed by atoms with E-state index in [1.807, 2.05) is 6.92 Å². The molecule has 0 radical (unpaired) electrons. The molecule has 2 N–H and O–H groups in total. The Morgan fingerprint density at radius 1 is 1.45 bits per heavy atom. The van der Waals surface area contributed by atoms with Crippen molar-refractivity contribution in [3.63, 3.8) is 0 Å². The highest BCUT2D eigenvalue weighted by Crippen LogP contribution is 2.26. The summed E-state index contributed by atoms with van der Waals surface area (Å²) in [6.07, 6.45) is 5.83. The number of carbonyl (C=O) groups excluding carboxylic acids is 1. The van der Waals surface area contributed by atoms with Crippen molar-refractivity contribution in [2.24, 2.45) is 0 Å². The maximum atomic E-state index is 12.2. The lowest BCUT2D eigenvalue weighted by atomic mass is 10.0. The molecule has 5 heteroatoms. The first-order valence-electron chi connectivity index (χ1n) is 8.00. The molecule has 0 saturated carbocycles. The molecule has 20 heavy (non-hydrogen) atoms. The number of rotatable bonds is 7. The van der Waals surface area contributed by atoms with Gasteiger partial charge in [-0.05, 0) is 52.1 Å². The minimum atomic E-state index is -0.0209. The average Bonchev–Trinajstić information content (AvgIpc) is 3.11. The summed E-state index contributed by atoms with van der Waals surface area (Å²) in [4.78, 5) is 14.6. The van der Waals surface area contributed by atoms with E-state index in [0.29, 0.717) is 25.2 Å². The average molecular weight is 283 g/mol. The summed E-state index contributed by atoms with van der Waals surface area (Å²) in [5, 5.41) is 6.62. The summed E-state index contributed by atoms with van der Waals surface area (Å²) >= 11 is 0. The Balaban J connectivity index is 1.80. The number of hydrogen-bond donors (Lipinski definition) is 2. The van der Waals surface area contributed by atoms with E-state index in [9.17, 15) is 4.79 Å². The van der Waals surface area contributed by atoms with E-state index in [1.165, 1.54) is 25.7 Å².